The number of guanidine groups is 1. The third kappa shape index (κ3) is 1.41. The highest BCUT2D eigenvalue weighted by atomic mass is 32.2. The Morgan fingerprint density at radius 3 is 3.21 bits per heavy atom. The molecule has 2 atom stereocenters. The molecule has 14 heavy (non-hydrogen) atoms. The Hall–Kier alpha value is -0.640. The lowest BCUT2D eigenvalue weighted by molar-refractivity contribution is 0.242. The van der Waals surface area contributed by atoms with E-state index in [2.05, 4.69) is 23.4 Å². The third-order valence-electron chi connectivity index (χ3n) is 3.00. The number of nitrogens with two attached hydrogens (primary N) is 1. The van der Waals surface area contributed by atoms with Crippen molar-refractivity contribution in [1.29, 1.82) is 0 Å². The van der Waals surface area contributed by atoms with Gasteiger partial charge < -0.3 is 10.6 Å². The summed E-state index contributed by atoms with van der Waals surface area (Å²) in [6.07, 6.45) is 3.10. The molecule has 0 saturated carbocycles. The molecule has 0 aliphatic carbocycles. The summed E-state index contributed by atoms with van der Waals surface area (Å²) in [5, 5.41) is 0.725. The molecule has 1 spiro atoms. The van der Waals surface area contributed by atoms with E-state index in [1.165, 1.54) is 6.42 Å². The van der Waals surface area contributed by atoms with Crippen molar-refractivity contribution in [3.05, 3.63) is 12.7 Å². The van der Waals surface area contributed by atoms with Crippen molar-refractivity contribution in [3.8, 4) is 0 Å². The largest absolute Gasteiger partial charge is 0.370 e. The van der Waals surface area contributed by atoms with E-state index < -0.39 is 0 Å². The summed E-state index contributed by atoms with van der Waals surface area (Å²) in [6.45, 7) is 7.74. The molecule has 0 aromatic rings. The Labute approximate surface area is 89.4 Å². The van der Waals surface area contributed by atoms with Crippen LogP contribution in [0.5, 0.6) is 0 Å². The number of hydrogen-bond donors (Lipinski definition) is 1. The minimum atomic E-state index is 0.197. The molecule has 1 saturated heterocycles. The van der Waals surface area contributed by atoms with Crippen molar-refractivity contribution in [1.82, 2.24) is 4.90 Å². The summed E-state index contributed by atoms with van der Waals surface area (Å²) in [7, 11) is 0. The molecule has 2 N–H and O–H groups in total. The van der Waals surface area contributed by atoms with Gasteiger partial charge in [-0.25, -0.2) is 0 Å². The number of thioether (sulfide) groups is 1. The van der Waals surface area contributed by atoms with E-state index in [4.69, 9.17) is 5.73 Å². The molecular weight excluding hydrogens is 194 g/mol. The maximum atomic E-state index is 5.88. The highest BCUT2D eigenvalue weighted by Crippen LogP contribution is 2.40. The fraction of sp³-hybridized carbons (Fsp3) is 0.700. The fourth-order valence-corrected chi connectivity index (χ4v) is 3.69. The van der Waals surface area contributed by atoms with Gasteiger partial charge in [-0.1, -0.05) is 13.0 Å². The molecule has 3 nitrogen and oxygen atoms in total. The third-order valence-corrected chi connectivity index (χ3v) is 4.44. The fourth-order valence-electron chi connectivity index (χ4n) is 2.31. The summed E-state index contributed by atoms with van der Waals surface area (Å²) in [6, 6.07) is 0. The van der Waals surface area contributed by atoms with Crippen LogP contribution in [0.3, 0.4) is 0 Å². The molecule has 2 rings (SSSR count). The SMILES string of the molecule is C=CCN1C(N)=NCC12CSC(C)C2. The highest BCUT2D eigenvalue weighted by molar-refractivity contribution is 8.00. The van der Waals surface area contributed by atoms with Crippen LogP contribution in [-0.4, -0.2) is 40.5 Å². The lowest BCUT2D eigenvalue weighted by Gasteiger charge is -2.34. The van der Waals surface area contributed by atoms with Gasteiger partial charge in [0.1, 0.15) is 0 Å². The van der Waals surface area contributed by atoms with Crippen LogP contribution < -0.4 is 5.73 Å². The minimum absolute atomic E-state index is 0.197. The average Bonchev–Trinajstić information content (AvgIpc) is 2.66. The van der Waals surface area contributed by atoms with E-state index in [1.54, 1.807) is 0 Å². The topological polar surface area (TPSA) is 41.6 Å². The zero-order valence-corrected chi connectivity index (χ0v) is 9.39. The number of nitrogens with zero attached hydrogens (tertiary/aromatic N) is 2. The first-order chi connectivity index (χ1) is 6.68. The normalized spacial score (nSPS) is 36.5. The van der Waals surface area contributed by atoms with Gasteiger partial charge in [0.15, 0.2) is 5.96 Å². The monoisotopic (exact) mass is 211 g/mol. The van der Waals surface area contributed by atoms with Crippen molar-refractivity contribution in [2.45, 2.75) is 24.1 Å². The van der Waals surface area contributed by atoms with Gasteiger partial charge >= 0.3 is 0 Å². The Balaban J connectivity index is 2.16. The highest BCUT2D eigenvalue weighted by Gasteiger charge is 2.46. The Kier molecular flexibility index (Phi) is 2.47. The van der Waals surface area contributed by atoms with Crippen LogP contribution in [0.4, 0.5) is 0 Å². The van der Waals surface area contributed by atoms with Gasteiger partial charge in [-0.05, 0) is 6.42 Å². The number of aliphatic imine (C=N–C) groups is 1. The smallest absolute Gasteiger partial charge is 0.192 e. The molecule has 0 radical (unpaired) electrons. The molecule has 2 heterocycles. The van der Waals surface area contributed by atoms with Gasteiger partial charge in [-0.15, -0.1) is 6.58 Å². The van der Waals surface area contributed by atoms with E-state index in [0.29, 0.717) is 5.96 Å². The van der Waals surface area contributed by atoms with Gasteiger partial charge in [0, 0.05) is 17.5 Å². The first-order valence-electron chi connectivity index (χ1n) is 4.98. The first-order valence-corrected chi connectivity index (χ1v) is 6.03. The maximum Gasteiger partial charge on any atom is 0.192 e. The van der Waals surface area contributed by atoms with Gasteiger partial charge in [-0.3, -0.25) is 4.99 Å². The van der Waals surface area contributed by atoms with Crippen LogP contribution in [0, 0.1) is 0 Å². The number of hydrogen-bond acceptors (Lipinski definition) is 4. The molecule has 2 aliphatic rings. The zero-order chi connectivity index (χ0) is 10.2. The van der Waals surface area contributed by atoms with Crippen LogP contribution >= 0.6 is 11.8 Å². The Morgan fingerprint density at radius 1 is 1.86 bits per heavy atom. The van der Waals surface area contributed by atoms with E-state index in [0.717, 1.165) is 24.1 Å². The molecule has 78 valence electrons. The molecule has 4 heteroatoms. The standard InChI is InChI=1S/C10H17N3S/c1-3-4-13-9(11)12-6-10(13)5-8(2)14-7-10/h3,8H,1,4-7H2,2H3,(H2,11,12). The second kappa shape index (κ2) is 3.50. The van der Waals surface area contributed by atoms with Crippen LogP contribution in [-0.2, 0) is 0 Å². The number of rotatable bonds is 2. The predicted molar refractivity (Wildman–Crippen MR) is 62.7 cm³/mol. The second-order valence-corrected chi connectivity index (χ2v) is 5.55. The Bertz CT molecular complexity index is 277. The Morgan fingerprint density at radius 2 is 2.64 bits per heavy atom. The molecule has 1 fully saturated rings. The van der Waals surface area contributed by atoms with Crippen LogP contribution in [0.2, 0.25) is 0 Å². The van der Waals surface area contributed by atoms with Crippen LogP contribution in [0.25, 0.3) is 0 Å². The predicted octanol–water partition coefficient (Wildman–Crippen LogP) is 1.07. The summed E-state index contributed by atoms with van der Waals surface area (Å²) in [5.41, 5.74) is 6.08. The molecule has 0 aromatic carbocycles. The van der Waals surface area contributed by atoms with E-state index in [9.17, 15) is 0 Å². The molecule has 2 unspecified atom stereocenters. The van der Waals surface area contributed by atoms with Crippen molar-refractivity contribution < 1.29 is 0 Å². The lowest BCUT2D eigenvalue weighted by atomic mass is 9.95. The van der Waals surface area contributed by atoms with Crippen molar-refractivity contribution in [2.75, 3.05) is 18.8 Å². The van der Waals surface area contributed by atoms with Gasteiger partial charge in [0.25, 0.3) is 0 Å². The second-order valence-electron chi connectivity index (χ2n) is 4.12. The zero-order valence-electron chi connectivity index (χ0n) is 8.57. The van der Waals surface area contributed by atoms with Gasteiger partial charge in [0.05, 0.1) is 12.1 Å². The molecule has 0 aromatic heterocycles. The first kappa shape index (κ1) is 9.90. The molecule has 0 amide bonds. The average molecular weight is 211 g/mol. The van der Waals surface area contributed by atoms with Crippen LogP contribution in [0.15, 0.2) is 17.6 Å². The summed E-state index contributed by atoms with van der Waals surface area (Å²) in [4.78, 5) is 6.58. The van der Waals surface area contributed by atoms with Crippen LogP contribution in [0.1, 0.15) is 13.3 Å². The molecule has 2 aliphatic heterocycles. The van der Waals surface area contributed by atoms with Crippen molar-refractivity contribution in [3.63, 3.8) is 0 Å². The lowest BCUT2D eigenvalue weighted by Crippen LogP contribution is -2.52. The van der Waals surface area contributed by atoms with Gasteiger partial charge in [-0.2, -0.15) is 11.8 Å². The maximum absolute atomic E-state index is 5.88. The summed E-state index contributed by atoms with van der Waals surface area (Å²) in [5.74, 6) is 1.84. The van der Waals surface area contributed by atoms with Crippen molar-refractivity contribution in [2.24, 2.45) is 10.7 Å². The quantitative estimate of drug-likeness (QED) is 0.695. The summed E-state index contributed by atoms with van der Waals surface area (Å²) < 4.78 is 0. The minimum Gasteiger partial charge on any atom is -0.370 e. The van der Waals surface area contributed by atoms with Gasteiger partial charge in [0.2, 0.25) is 0 Å². The van der Waals surface area contributed by atoms with Crippen molar-refractivity contribution >= 4 is 17.7 Å². The van der Waals surface area contributed by atoms with E-state index in [1.807, 2.05) is 17.8 Å². The molecule has 0 bridgehead atoms. The van der Waals surface area contributed by atoms with E-state index >= 15 is 0 Å². The van der Waals surface area contributed by atoms with E-state index in [-0.39, 0.29) is 5.54 Å². The summed E-state index contributed by atoms with van der Waals surface area (Å²) >= 11 is 2.02. The molecular formula is C10H17N3S.